The molecule has 0 aromatic heterocycles. The predicted molar refractivity (Wildman–Crippen MR) is 46.5 cm³/mol. The minimum atomic E-state index is 0.897. The van der Waals surface area contributed by atoms with Gasteiger partial charge in [-0.05, 0) is 0 Å². The molecule has 0 aromatic carbocycles. The van der Waals surface area contributed by atoms with Crippen LogP contribution in [0.2, 0.25) is 5.32 Å². The van der Waals surface area contributed by atoms with Crippen LogP contribution in [0.5, 0.6) is 0 Å². The molecule has 1 aliphatic heterocycles. The molecule has 0 nitrogen and oxygen atoms in total. The summed E-state index contributed by atoms with van der Waals surface area (Å²) in [6.07, 6.45) is 7.36. The van der Waals surface area contributed by atoms with Crippen LogP contribution in [-0.4, -0.2) is 41.0 Å². The van der Waals surface area contributed by atoms with Crippen LogP contribution in [0, 0.1) is 0 Å². The van der Waals surface area contributed by atoms with E-state index in [2.05, 4.69) is 17.1 Å². The molecule has 0 saturated heterocycles. The van der Waals surface area contributed by atoms with E-state index in [-0.39, 0.29) is 0 Å². The molecule has 0 fully saturated rings. The third kappa shape index (κ3) is 4.56. The van der Waals surface area contributed by atoms with E-state index in [4.69, 9.17) is 0 Å². The summed E-state index contributed by atoms with van der Waals surface area (Å²) in [5, 5.41) is 1.53. The van der Waals surface area contributed by atoms with Gasteiger partial charge in [0.2, 0.25) is 0 Å². The molecule has 1 aliphatic rings. The second-order valence-electron chi connectivity index (χ2n) is 1.69. The zero-order chi connectivity index (χ0) is 6.36. The summed E-state index contributed by atoms with van der Waals surface area (Å²) in [7, 11) is 1.04. The van der Waals surface area contributed by atoms with E-state index < -0.39 is 0 Å². The van der Waals surface area contributed by atoms with Crippen LogP contribution in [0.4, 0.5) is 0 Å². The Balaban J connectivity index is 2.45. The fraction of sp³-hybridized carbons (Fsp3) is 0.500. The predicted octanol–water partition coefficient (Wildman–Crippen LogP) is 0.499. The van der Waals surface area contributed by atoms with E-state index in [9.17, 15) is 0 Å². The number of allylic oxidation sites excluding steroid dienone is 2. The van der Waals surface area contributed by atoms with E-state index in [0.29, 0.717) is 0 Å². The van der Waals surface area contributed by atoms with Crippen LogP contribution in [0.25, 0.3) is 0 Å². The number of hydrogen-bond donors (Lipinski definition) is 0. The summed E-state index contributed by atoms with van der Waals surface area (Å²) < 4.78 is 0. The Morgan fingerprint density at radius 3 is 3.33 bits per heavy atom. The maximum atomic E-state index is 2.39. The average molecular weight is 318 g/mol. The zero-order valence-corrected chi connectivity index (χ0v) is 10.2. The standard InChI is InChI=1S/C6H9Se3/c1-2-4-6-8-9-7-5-3-1/h1,3,5H,2,4,6H2/b3-1-. The van der Waals surface area contributed by atoms with Crippen LogP contribution < -0.4 is 0 Å². The molecule has 0 atom stereocenters. The molecular weight excluding hydrogens is 309 g/mol. The van der Waals surface area contributed by atoms with Gasteiger partial charge in [-0.15, -0.1) is 0 Å². The molecule has 0 saturated carbocycles. The van der Waals surface area contributed by atoms with E-state index in [1.54, 1.807) is 0 Å². The normalized spacial score (nSPS) is 22.2. The van der Waals surface area contributed by atoms with Gasteiger partial charge in [-0.3, -0.25) is 0 Å². The van der Waals surface area contributed by atoms with Gasteiger partial charge in [0.25, 0.3) is 0 Å². The molecule has 0 aliphatic carbocycles. The first-order valence-corrected chi connectivity index (χ1v) is 13.8. The van der Waals surface area contributed by atoms with Crippen molar-refractivity contribution in [1.29, 1.82) is 0 Å². The molecule has 0 spiro atoms. The van der Waals surface area contributed by atoms with Crippen LogP contribution in [0.3, 0.4) is 0 Å². The van der Waals surface area contributed by atoms with Gasteiger partial charge in [-0.25, -0.2) is 0 Å². The fourth-order valence-electron chi connectivity index (χ4n) is 0.528. The third-order valence-corrected chi connectivity index (χ3v) is 17.7. The van der Waals surface area contributed by atoms with Crippen molar-refractivity contribution in [1.82, 2.24) is 0 Å². The maximum absolute atomic E-state index is 2.39. The second kappa shape index (κ2) is 5.92. The summed E-state index contributed by atoms with van der Waals surface area (Å²) in [4.78, 5) is 2.39. The molecule has 1 rings (SSSR count). The Kier molecular flexibility index (Phi) is 5.43. The Morgan fingerprint density at radius 1 is 1.33 bits per heavy atom. The molecule has 3 heteroatoms. The molecule has 0 unspecified atom stereocenters. The van der Waals surface area contributed by atoms with Gasteiger partial charge in [0, 0.05) is 0 Å². The van der Waals surface area contributed by atoms with Crippen LogP contribution in [-0.2, 0) is 0 Å². The Labute approximate surface area is 70.9 Å². The molecule has 9 heavy (non-hydrogen) atoms. The van der Waals surface area contributed by atoms with Crippen molar-refractivity contribution in [3.8, 4) is 0 Å². The molecule has 0 N–H and O–H groups in total. The topological polar surface area (TPSA) is 0 Å². The molecule has 51 valence electrons. The summed E-state index contributed by atoms with van der Waals surface area (Å²) in [6, 6.07) is 0. The van der Waals surface area contributed by atoms with Crippen molar-refractivity contribution in [3.05, 3.63) is 12.2 Å². The van der Waals surface area contributed by atoms with Gasteiger partial charge in [0.05, 0.1) is 0 Å². The van der Waals surface area contributed by atoms with Gasteiger partial charge in [-0.2, -0.15) is 0 Å². The third-order valence-electron chi connectivity index (χ3n) is 0.956. The zero-order valence-electron chi connectivity index (χ0n) is 5.08. The number of rotatable bonds is 0. The first kappa shape index (κ1) is 8.27. The first-order valence-electron chi connectivity index (χ1n) is 2.93. The van der Waals surface area contributed by atoms with Gasteiger partial charge in [0.1, 0.15) is 0 Å². The van der Waals surface area contributed by atoms with Crippen LogP contribution in [0.15, 0.2) is 12.2 Å². The van der Waals surface area contributed by atoms with Gasteiger partial charge >= 0.3 is 71.3 Å². The van der Waals surface area contributed by atoms with E-state index in [0.717, 1.165) is 36.1 Å². The van der Waals surface area contributed by atoms with Crippen molar-refractivity contribution >= 4 is 41.0 Å². The Hall–Kier alpha value is 1.17. The second-order valence-corrected chi connectivity index (χ2v) is 18.2. The van der Waals surface area contributed by atoms with Crippen LogP contribution in [0.1, 0.15) is 12.8 Å². The van der Waals surface area contributed by atoms with E-state index in [1.165, 1.54) is 18.2 Å². The van der Waals surface area contributed by atoms with Crippen molar-refractivity contribution in [2.75, 3.05) is 0 Å². The Morgan fingerprint density at radius 2 is 2.33 bits per heavy atom. The van der Waals surface area contributed by atoms with Crippen molar-refractivity contribution < 1.29 is 0 Å². The van der Waals surface area contributed by atoms with Crippen LogP contribution >= 0.6 is 0 Å². The average Bonchev–Trinajstić information content (AvgIpc) is 2.00. The molecule has 0 aromatic rings. The Bertz CT molecular complexity index is 130. The SMILES string of the molecule is C1=[Se][Se]=[Se]CCC/C=C\1. The molecule has 0 amide bonds. The summed E-state index contributed by atoms with van der Waals surface area (Å²) in [5.41, 5.74) is 0. The van der Waals surface area contributed by atoms with E-state index in [1.807, 2.05) is 0 Å². The summed E-state index contributed by atoms with van der Waals surface area (Å²) >= 11 is 1.93. The van der Waals surface area contributed by atoms with Crippen molar-refractivity contribution in [3.63, 3.8) is 0 Å². The van der Waals surface area contributed by atoms with Crippen molar-refractivity contribution in [2.24, 2.45) is 0 Å². The summed E-state index contributed by atoms with van der Waals surface area (Å²) in [5.74, 6) is 0. The summed E-state index contributed by atoms with van der Waals surface area (Å²) in [6.45, 7) is 0. The van der Waals surface area contributed by atoms with E-state index >= 15 is 0 Å². The molecular formula is C6H9Se3. The minimum absolute atomic E-state index is 0.897. The monoisotopic (exact) mass is 321 g/mol. The first-order chi connectivity index (χ1) is 4.50. The molecule has 1 heterocycles. The molecule has 0 bridgehead atoms. The van der Waals surface area contributed by atoms with Gasteiger partial charge < -0.3 is 0 Å². The quantitative estimate of drug-likeness (QED) is 0.571. The number of hydrogen-bond acceptors (Lipinski definition) is 0. The van der Waals surface area contributed by atoms with Gasteiger partial charge in [-0.1, -0.05) is 0 Å². The van der Waals surface area contributed by atoms with Gasteiger partial charge in [0.15, 0.2) is 0 Å². The molecule has 3 radical (unpaired) electrons. The fourth-order valence-corrected chi connectivity index (χ4v) is 15.2. The van der Waals surface area contributed by atoms with Crippen molar-refractivity contribution in [2.45, 2.75) is 18.2 Å².